The van der Waals surface area contributed by atoms with Crippen LogP contribution in [0.3, 0.4) is 0 Å². The van der Waals surface area contributed by atoms with Crippen LogP contribution < -0.4 is 29.0 Å². The minimum absolute atomic E-state index is 0.111. The summed E-state index contributed by atoms with van der Waals surface area (Å²) in [5.74, 6) is 0. The molecule has 3 heteroatoms. The predicted molar refractivity (Wildman–Crippen MR) is 158 cm³/mol. The molecule has 4 aliphatic heterocycles. The van der Waals surface area contributed by atoms with Gasteiger partial charge in [-0.3, -0.25) is 0 Å². The summed E-state index contributed by atoms with van der Waals surface area (Å²) >= 11 is -1.71. The molecule has 0 radical (unpaired) electrons. The van der Waals surface area contributed by atoms with Gasteiger partial charge in [0.05, 0.1) is 0 Å². The molecule has 182 valence electrons. The Bertz CT molecular complexity index is 1470. The van der Waals surface area contributed by atoms with Crippen LogP contribution in [0.5, 0.6) is 0 Å². The number of rotatable bonds is 1. The van der Waals surface area contributed by atoms with Crippen molar-refractivity contribution in [2.45, 2.75) is 60.2 Å². The van der Waals surface area contributed by atoms with E-state index in [-0.39, 0.29) is 6.10 Å². The Morgan fingerprint density at radius 2 is 0.972 bits per heavy atom. The second kappa shape index (κ2) is 7.23. The molecule has 4 aliphatic rings. The Balaban J connectivity index is 1.67. The molecular weight excluding hydrogens is 518 g/mol. The summed E-state index contributed by atoms with van der Waals surface area (Å²) < 4.78 is 12.7. The van der Waals surface area contributed by atoms with Crippen LogP contribution in [0.1, 0.15) is 52.0 Å². The van der Waals surface area contributed by atoms with E-state index in [2.05, 4.69) is 115 Å². The van der Waals surface area contributed by atoms with E-state index in [0.29, 0.717) is 5.66 Å². The van der Waals surface area contributed by atoms with Gasteiger partial charge in [-0.05, 0) is 0 Å². The van der Waals surface area contributed by atoms with Crippen LogP contribution >= 0.6 is 6.83 Å². The SMILES string of the molecule is Cc1cc2c(cc1C)P13(O[C@@H](c4ccccc4)[C@H]1C)c1cc(C)c(C)cc1[As]2c1cc(C)c(C)cc13. The molecule has 1 nitrogen and oxygen atoms in total. The van der Waals surface area contributed by atoms with Gasteiger partial charge in [-0.25, -0.2) is 0 Å². The predicted octanol–water partition coefficient (Wildman–Crippen LogP) is 4.58. The van der Waals surface area contributed by atoms with E-state index in [1.54, 1.807) is 29.0 Å². The van der Waals surface area contributed by atoms with E-state index in [9.17, 15) is 0 Å². The quantitative estimate of drug-likeness (QED) is 0.248. The van der Waals surface area contributed by atoms with Crippen LogP contribution in [0.4, 0.5) is 0 Å². The number of aryl methyl sites for hydroxylation is 6. The summed E-state index contributed by atoms with van der Waals surface area (Å²) in [6, 6.07) is 26.3. The fourth-order valence-electron chi connectivity index (χ4n) is 7.17. The van der Waals surface area contributed by atoms with Gasteiger partial charge in [0.1, 0.15) is 0 Å². The first-order valence-electron chi connectivity index (χ1n) is 13.1. The van der Waals surface area contributed by atoms with Crippen LogP contribution in [0, 0.1) is 41.5 Å². The van der Waals surface area contributed by atoms with Crippen molar-refractivity contribution in [2.75, 3.05) is 0 Å². The maximum atomic E-state index is 7.76. The summed E-state index contributed by atoms with van der Waals surface area (Å²) in [7, 11) is 0. The van der Waals surface area contributed by atoms with Crippen molar-refractivity contribution < 1.29 is 4.52 Å². The molecule has 0 aromatic heterocycles. The molecule has 4 aromatic rings. The zero-order valence-corrected chi connectivity index (χ0v) is 25.1. The molecule has 2 atom stereocenters. The first-order valence-corrected chi connectivity index (χ1v) is 18.1. The summed E-state index contributed by atoms with van der Waals surface area (Å²) in [6.45, 7) is 13.1. The van der Waals surface area contributed by atoms with Crippen molar-refractivity contribution in [3.63, 3.8) is 0 Å². The van der Waals surface area contributed by atoms with E-state index in [1.165, 1.54) is 38.9 Å². The molecule has 0 aliphatic carbocycles. The van der Waals surface area contributed by atoms with Gasteiger partial charge in [-0.1, -0.05) is 0 Å². The summed E-state index contributed by atoms with van der Waals surface area (Å²) in [6.07, 6.45) is 0.111. The zero-order valence-electron chi connectivity index (χ0n) is 22.3. The molecule has 1 spiro atoms. The average Bonchev–Trinajstić information content (AvgIpc) is 2.86. The number of hydrogen-bond acceptors (Lipinski definition) is 1. The molecule has 0 N–H and O–H groups in total. The van der Waals surface area contributed by atoms with Crippen molar-refractivity contribution >= 4 is 50.4 Å². The Labute approximate surface area is 220 Å². The molecule has 4 aromatic carbocycles. The molecule has 4 heterocycles. The standard InChI is InChI=1S/C33H34AsOP/c1-19-13-27-30(16-22(19)4)36(25(7)33(35-36)26-11-9-8-10-12-26)31-17-23(5)20(2)14-28(31)34(27)29-15-21(3)24(6)18-32(29)36/h8-18,25,33H,1-7H3/t25-,33-/m1/s1. The molecular formula is C33H34AsOP. The Hall–Kier alpha value is -2.17. The molecule has 0 amide bonds. The third-order valence-electron chi connectivity index (χ3n) is 9.61. The molecule has 2 bridgehead atoms. The number of benzene rings is 4. The van der Waals surface area contributed by atoms with Crippen molar-refractivity contribution in [3.8, 4) is 0 Å². The molecule has 0 unspecified atom stereocenters. The third-order valence-corrected chi connectivity index (χ3v) is 22.6. The van der Waals surface area contributed by atoms with Crippen molar-refractivity contribution in [2.24, 2.45) is 0 Å². The van der Waals surface area contributed by atoms with Gasteiger partial charge in [0.15, 0.2) is 0 Å². The van der Waals surface area contributed by atoms with Gasteiger partial charge in [0.25, 0.3) is 0 Å². The Kier molecular flexibility index (Phi) is 4.61. The van der Waals surface area contributed by atoms with Gasteiger partial charge in [-0.15, -0.1) is 0 Å². The third kappa shape index (κ3) is 2.42. The molecule has 8 rings (SSSR count). The molecule has 1 saturated heterocycles. The second-order valence-corrected chi connectivity index (χ2v) is 20.5. The van der Waals surface area contributed by atoms with Crippen LogP contribution in [-0.2, 0) is 4.52 Å². The van der Waals surface area contributed by atoms with Crippen molar-refractivity contribution in [1.82, 2.24) is 0 Å². The van der Waals surface area contributed by atoms with E-state index in [0.717, 1.165) is 0 Å². The monoisotopic (exact) mass is 552 g/mol. The molecule has 0 saturated carbocycles. The Morgan fingerprint density at radius 1 is 0.583 bits per heavy atom. The summed E-state index contributed by atoms with van der Waals surface area (Å²) in [4.78, 5) is 0. The maximum absolute atomic E-state index is 7.76. The fourth-order valence-corrected chi connectivity index (χ4v) is 24.9. The van der Waals surface area contributed by atoms with Gasteiger partial charge < -0.3 is 0 Å². The van der Waals surface area contributed by atoms with E-state index < -0.39 is 21.5 Å². The van der Waals surface area contributed by atoms with Crippen LogP contribution in [0.2, 0.25) is 0 Å². The van der Waals surface area contributed by atoms with Crippen molar-refractivity contribution in [3.05, 3.63) is 106 Å². The van der Waals surface area contributed by atoms with Crippen LogP contribution in [-0.4, -0.2) is 20.3 Å². The summed E-state index contributed by atoms with van der Waals surface area (Å²) in [5, 5.41) is 4.70. The topological polar surface area (TPSA) is 9.23 Å². The van der Waals surface area contributed by atoms with Crippen LogP contribution in [0.15, 0.2) is 66.7 Å². The van der Waals surface area contributed by atoms with Gasteiger partial charge in [-0.2, -0.15) is 0 Å². The fraction of sp³-hybridized carbons (Fsp3) is 0.273. The first-order chi connectivity index (χ1) is 17.2. The average molecular weight is 553 g/mol. The van der Waals surface area contributed by atoms with Crippen molar-refractivity contribution in [1.29, 1.82) is 0 Å². The Morgan fingerprint density at radius 3 is 1.36 bits per heavy atom. The zero-order chi connectivity index (χ0) is 25.2. The van der Waals surface area contributed by atoms with E-state index >= 15 is 0 Å². The molecule has 36 heavy (non-hydrogen) atoms. The van der Waals surface area contributed by atoms with Gasteiger partial charge >= 0.3 is 221 Å². The van der Waals surface area contributed by atoms with Gasteiger partial charge in [0, 0.05) is 0 Å². The number of hydrogen-bond donors (Lipinski definition) is 0. The minimum atomic E-state index is -3.15. The van der Waals surface area contributed by atoms with E-state index in [1.807, 2.05) is 0 Å². The second-order valence-electron chi connectivity index (χ2n) is 11.4. The summed E-state index contributed by atoms with van der Waals surface area (Å²) in [5.41, 5.74) is 10.1. The van der Waals surface area contributed by atoms with E-state index in [4.69, 9.17) is 4.52 Å². The normalized spacial score (nSPS) is 24.8. The molecule has 1 fully saturated rings. The first kappa shape index (κ1) is 23.0. The van der Waals surface area contributed by atoms with Crippen LogP contribution in [0.25, 0.3) is 0 Å². The van der Waals surface area contributed by atoms with Gasteiger partial charge in [0.2, 0.25) is 0 Å².